The molecule has 0 fully saturated rings. The van der Waals surface area contributed by atoms with Gasteiger partial charge < -0.3 is 4.90 Å². The van der Waals surface area contributed by atoms with Crippen LogP contribution in [0.4, 0.5) is 0 Å². The summed E-state index contributed by atoms with van der Waals surface area (Å²) in [5.74, 6) is -0.0642. The van der Waals surface area contributed by atoms with Gasteiger partial charge in [-0.25, -0.2) is 0 Å². The number of hydrogen-bond acceptors (Lipinski definition) is 3. The van der Waals surface area contributed by atoms with E-state index in [9.17, 15) is 4.79 Å². The molecule has 0 bridgehead atoms. The minimum atomic E-state index is -0.0642. The summed E-state index contributed by atoms with van der Waals surface area (Å²) in [4.78, 5) is 13.5. The van der Waals surface area contributed by atoms with Crippen LogP contribution >= 0.6 is 33.9 Å². The first-order valence-electron chi connectivity index (χ1n) is 4.48. The fourth-order valence-corrected chi connectivity index (χ4v) is 2.47. The van der Waals surface area contributed by atoms with Gasteiger partial charge in [0.1, 0.15) is 6.54 Å². The fraction of sp³-hybridized carbons (Fsp3) is 0.400. The van der Waals surface area contributed by atoms with Crippen molar-refractivity contribution in [1.29, 1.82) is 5.26 Å². The molecular weight excluding hydrogens is 323 g/mol. The van der Waals surface area contributed by atoms with Crippen molar-refractivity contribution < 1.29 is 4.79 Å². The van der Waals surface area contributed by atoms with Crippen molar-refractivity contribution >= 4 is 39.8 Å². The van der Waals surface area contributed by atoms with E-state index in [4.69, 9.17) is 5.26 Å². The third kappa shape index (κ3) is 3.18. The maximum Gasteiger partial charge on any atom is 0.255 e. The zero-order chi connectivity index (χ0) is 11.4. The number of rotatable bonds is 3. The standard InChI is InChI=1S/C10H11IN2OS/c1-7(2)13(4-3-12)10(14)8-5-9(11)15-6-8/h5-7H,4H2,1-2H3. The Bertz CT molecular complexity index is 394. The highest BCUT2D eigenvalue weighted by atomic mass is 127. The summed E-state index contributed by atoms with van der Waals surface area (Å²) in [6.07, 6.45) is 0. The van der Waals surface area contributed by atoms with Crippen molar-refractivity contribution in [2.75, 3.05) is 6.54 Å². The Hall–Kier alpha value is -0.610. The fourth-order valence-electron chi connectivity index (χ4n) is 1.15. The van der Waals surface area contributed by atoms with Gasteiger partial charge in [0.2, 0.25) is 0 Å². The number of halogens is 1. The van der Waals surface area contributed by atoms with Crippen molar-refractivity contribution in [2.24, 2.45) is 0 Å². The van der Waals surface area contributed by atoms with E-state index in [1.807, 2.05) is 31.4 Å². The van der Waals surface area contributed by atoms with E-state index < -0.39 is 0 Å². The Balaban J connectivity index is 2.86. The monoisotopic (exact) mass is 334 g/mol. The lowest BCUT2D eigenvalue weighted by molar-refractivity contribution is 0.0732. The molecule has 0 aliphatic heterocycles. The molecule has 80 valence electrons. The first-order valence-corrected chi connectivity index (χ1v) is 6.44. The Kier molecular flexibility index (Phi) is 4.54. The first-order chi connectivity index (χ1) is 7.06. The van der Waals surface area contributed by atoms with E-state index in [1.54, 1.807) is 4.90 Å². The summed E-state index contributed by atoms with van der Waals surface area (Å²) in [5, 5.41) is 10.5. The highest BCUT2D eigenvalue weighted by Crippen LogP contribution is 2.18. The van der Waals surface area contributed by atoms with Crippen molar-refractivity contribution in [3.8, 4) is 6.07 Å². The van der Waals surface area contributed by atoms with Gasteiger partial charge in [-0.3, -0.25) is 4.79 Å². The lowest BCUT2D eigenvalue weighted by Crippen LogP contribution is -2.37. The Morgan fingerprint density at radius 3 is 2.80 bits per heavy atom. The van der Waals surface area contributed by atoms with Gasteiger partial charge in [-0.1, -0.05) is 0 Å². The molecule has 1 heterocycles. The van der Waals surface area contributed by atoms with Crippen LogP contribution in [-0.4, -0.2) is 23.4 Å². The van der Waals surface area contributed by atoms with Crippen LogP contribution in [0.3, 0.4) is 0 Å². The summed E-state index contributed by atoms with van der Waals surface area (Å²) >= 11 is 3.72. The predicted octanol–water partition coefficient (Wildman–Crippen LogP) is 2.73. The average Bonchev–Trinajstić information content (AvgIpc) is 2.59. The van der Waals surface area contributed by atoms with E-state index in [1.165, 1.54) is 11.3 Å². The lowest BCUT2D eigenvalue weighted by Gasteiger charge is -2.23. The molecule has 0 radical (unpaired) electrons. The van der Waals surface area contributed by atoms with Gasteiger partial charge >= 0.3 is 0 Å². The smallest absolute Gasteiger partial charge is 0.255 e. The minimum Gasteiger partial charge on any atom is -0.323 e. The molecule has 15 heavy (non-hydrogen) atoms. The minimum absolute atomic E-state index is 0.0507. The predicted molar refractivity (Wildman–Crippen MR) is 68.8 cm³/mol. The third-order valence-corrected chi connectivity index (χ3v) is 3.73. The summed E-state index contributed by atoms with van der Waals surface area (Å²) in [7, 11) is 0. The molecule has 0 N–H and O–H groups in total. The van der Waals surface area contributed by atoms with Gasteiger partial charge in [-0.2, -0.15) is 5.26 Å². The maximum atomic E-state index is 12.0. The number of carbonyl (C=O) groups is 1. The van der Waals surface area contributed by atoms with Crippen LogP contribution in [0.1, 0.15) is 24.2 Å². The molecule has 1 aromatic heterocycles. The van der Waals surface area contributed by atoms with Crippen molar-refractivity contribution in [3.63, 3.8) is 0 Å². The molecular formula is C10H11IN2OS. The SMILES string of the molecule is CC(C)N(CC#N)C(=O)c1csc(I)c1. The molecule has 1 amide bonds. The summed E-state index contributed by atoms with van der Waals surface area (Å²) < 4.78 is 1.08. The van der Waals surface area contributed by atoms with Crippen LogP contribution in [0.15, 0.2) is 11.4 Å². The molecule has 1 rings (SSSR count). The molecule has 0 unspecified atom stereocenters. The Morgan fingerprint density at radius 1 is 1.73 bits per heavy atom. The largest absolute Gasteiger partial charge is 0.323 e. The number of amides is 1. The van der Waals surface area contributed by atoms with Crippen LogP contribution in [0, 0.1) is 14.2 Å². The molecule has 0 aromatic carbocycles. The summed E-state index contributed by atoms with van der Waals surface area (Å²) in [6.45, 7) is 3.96. The van der Waals surface area contributed by atoms with Crippen molar-refractivity contribution in [2.45, 2.75) is 19.9 Å². The molecule has 0 saturated heterocycles. The lowest BCUT2D eigenvalue weighted by atomic mass is 10.2. The second kappa shape index (κ2) is 5.47. The average molecular weight is 334 g/mol. The van der Waals surface area contributed by atoms with E-state index in [2.05, 4.69) is 22.6 Å². The summed E-state index contributed by atoms with van der Waals surface area (Å²) in [6, 6.07) is 3.91. The highest BCUT2D eigenvalue weighted by Gasteiger charge is 2.19. The second-order valence-electron chi connectivity index (χ2n) is 3.32. The Labute approximate surface area is 107 Å². The zero-order valence-corrected chi connectivity index (χ0v) is 11.5. The number of nitriles is 1. The van der Waals surface area contributed by atoms with Gasteiger partial charge in [-0.05, 0) is 42.5 Å². The van der Waals surface area contributed by atoms with Crippen LogP contribution in [0.2, 0.25) is 0 Å². The maximum absolute atomic E-state index is 12.0. The number of carbonyl (C=O) groups excluding carboxylic acids is 1. The molecule has 0 aliphatic carbocycles. The van der Waals surface area contributed by atoms with E-state index in [0.717, 1.165) is 2.88 Å². The van der Waals surface area contributed by atoms with Crippen LogP contribution in [0.5, 0.6) is 0 Å². The van der Waals surface area contributed by atoms with Crippen LogP contribution in [0.25, 0.3) is 0 Å². The topological polar surface area (TPSA) is 44.1 Å². The molecule has 3 nitrogen and oxygen atoms in total. The quantitative estimate of drug-likeness (QED) is 0.630. The van der Waals surface area contributed by atoms with Crippen molar-refractivity contribution in [3.05, 3.63) is 19.9 Å². The molecule has 0 saturated carbocycles. The molecule has 1 aromatic rings. The number of nitrogens with zero attached hydrogens (tertiary/aromatic N) is 2. The van der Waals surface area contributed by atoms with Crippen LogP contribution in [-0.2, 0) is 0 Å². The molecule has 0 atom stereocenters. The van der Waals surface area contributed by atoms with Gasteiger partial charge in [0, 0.05) is 11.4 Å². The van der Waals surface area contributed by atoms with E-state index in [0.29, 0.717) is 5.56 Å². The van der Waals surface area contributed by atoms with Crippen molar-refractivity contribution in [1.82, 2.24) is 4.90 Å². The third-order valence-electron chi connectivity index (χ3n) is 1.94. The number of hydrogen-bond donors (Lipinski definition) is 0. The van der Waals surface area contributed by atoms with Gasteiger partial charge in [0.15, 0.2) is 0 Å². The van der Waals surface area contributed by atoms with Gasteiger partial charge in [0.05, 0.1) is 14.5 Å². The second-order valence-corrected chi connectivity index (χ2v) is 6.13. The zero-order valence-electron chi connectivity index (χ0n) is 8.53. The van der Waals surface area contributed by atoms with Gasteiger partial charge in [0.25, 0.3) is 5.91 Å². The van der Waals surface area contributed by atoms with Gasteiger partial charge in [-0.15, -0.1) is 11.3 Å². The molecule has 0 aliphatic rings. The normalized spacial score (nSPS) is 10.1. The highest BCUT2D eigenvalue weighted by molar-refractivity contribution is 14.1. The molecule has 5 heteroatoms. The summed E-state index contributed by atoms with van der Waals surface area (Å²) in [5.41, 5.74) is 0.674. The Morgan fingerprint density at radius 2 is 2.40 bits per heavy atom. The van der Waals surface area contributed by atoms with E-state index >= 15 is 0 Å². The number of thiophene rings is 1. The van der Waals surface area contributed by atoms with Crippen LogP contribution < -0.4 is 0 Å². The first kappa shape index (κ1) is 12.5. The van der Waals surface area contributed by atoms with E-state index in [-0.39, 0.29) is 18.5 Å². The molecule has 0 spiro atoms.